The van der Waals surface area contributed by atoms with Gasteiger partial charge < -0.3 is 20.5 Å². The van der Waals surface area contributed by atoms with Crippen LogP contribution in [0.15, 0.2) is 42.7 Å². The Balaban J connectivity index is 1.66. The highest BCUT2D eigenvalue weighted by atomic mass is 16.5. The third-order valence-corrected chi connectivity index (χ3v) is 4.25. The Labute approximate surface area is 150 Å². The van der Waals surface area contributed by atoms with Crippen molar-refractivity contribution in [3.8, 4) is 22.6 Å². The molecule has 7 nitrogen and oxygen atoms in total. The summed E-state index contributed by atoms with van der Waals surface area (Å²) in [5.41, 5.74) is 3.58. The molecule has 7 heteroatoms. The molecule has 4 rings (SSSR count). The standard InChI is InChI=1S/C19H18N4O3/c1-26-17-9-11(2-5-16(17)24)12-8-15-18(21-10-12)14(6-7-20-15)23-19(25)22-13-3-4-13/h2,5-10,13,24H,3-4H2,1H3,(H2,20,22,23,25). The molecule has 0 aliphatic heterocycles. The number of aromatic hydroxyl groups is 1. The smallest absolute Gasteiger partial charge is 0.319 e. The van der Waals surface area contributed by atoms with Crippen LogP contribution in [0, 0.1) is 0 Å². The number of rotatable bonds is 4. The fourth-order valence-electron chi connectivity index (χ4n) is 2.72. The first kappa shape index (κ1) is 16.1. The van der Waals surface area contributed by atoms with Gasteiger partial charge in [-0.05, 0) is 42.7 Å². The van der Waals surface area contributed by atoms with Gasteiger partial charge in [-0.3, -0.25) is 9.97 Å². The molecule has 3 aromatic rings. The number of benzene rings is 1. The zero-order chi connectivity index (χ0) is 18.1. The minimum Gasteiger partial charge on any atom is -0.504 e. The van der Waals surface area contributed by atoms with Crippen LogP contribution in [0.3, 0.4) is 0 Å². The molecule has 0 bridgehead atoms. The van der Waals surface area contributed by atoms with E-state index in [0.717, 1.165) is 24.0 Å². The van der Waals surface area contributed by atoms with Crippen LogP contribution in [-0.4, -0.2) is 34.3 Å². The summed E-state index contributed by atoms with van der Waals surface area (Å²) < 4.78 is 5.15. The summed E-state index contributed by atoms with van der Waals surface area (Å²) in [6.07, 6.45) is 5.40. The van der Waals surface area contributed by atoms with E-state index in [0.29, 0.717) is 22.5 Å². The van der Waals surface area contributed by atoms with Crippen LogP contribution in [0.25, 0.3) is 22.2 Å². The van der Waals surface area contributed by atoms with Crippen molar-refractivity contribution in [2.24, 2.45) is 0 Å². The van der Waals surface area contributed by atoms with Gasteiger partial charge in [-0.15, -0.1) is 0 Å². The summed E-state index contributed by atoms with van der Waals surface area (Å²) in [5.74, 6) is 0.471. The van der Waals surface area contributed by atoms with Gasteiger partial charge in [-0.25, -0.2) is 4.79 Å². The lowest BCUT2D eigenvalue weighted by atomic mass is 10.1. The third-order valence-electron chi connectivity index (χ3n) is 4.25. The molecule has 2 amide bonds. The second-order valence-electron chi connectivity index (χ2n) is 6.21. The van der Waals surface area contributed by atoms with E-state index in [9.17, 15) is 9.90 Å². The number of urea groups is 1. The predicted octanol–water partition coefficient (Wildman–Crippen LogP) is 3.29. The molecule has 1 saturated carbocycles. The number of methoxy groups -OCH3 is 1. The number of aromatic nitrogens is 2. The lowest BCUT2D eigenvalue weighted by Crippen LogP contribution is -2.30. The highest BCUT2D eigenvalue weighted by molar-refractivity contribution is 5.99. The van der Waals surface area contributed by atoms with Crippen molar-refractivity contribution < 1.29 is 14.6 Å². The SMILES string of the molecule is COc1cc(-c2cnc3c(NC(=O)NC4CC4)ccnc3c2)ccc1O. The highest BCUT2D eigenvalue weighted by Gasteiger charge is 2.23. The third kappa shape index (κ3) is 3.23. The Morgan fingerprint density at radius 3 is 2.81 bits per heavy atom. The number of ether oxygens (including phenoxy) is 1. The van der Waals surface area contributed by atoms with Crippen LogP contribution in [0.2, 0.25) is 0 Å². The Morgan fingerprint density at radius 1 is 1.19 bits per heavy atom. The normalized spacial score (nSPS) is 13.4. The molecule has 1 aliphatic rings. The number of anilines is 1. The number of nitrogens with zero attached hydrogens (tertiary/aromatic N) is 2. The molecule has 0 radical (unpaired) electrons. The van der Waals surface area contributed by atoms with E-state index < -0.39 is 0 Å². The van der Waals surface area contributed by atoms with Gasteiger partial charge in [0, 0.05) is 24.0 Å². The molecular formula is C19H18N4O3. The fourth-order valence-corrected chi connectivity index (χ4v) is 2.72. The number of hydrogen-bond acceptors (Lipinski definition) is 5. The lowest BCUT2D eigenvalue weighted by molar-refractivity contribution is 0.251. The Kier molecular flexibility index (Phi) is 4.04. The van der Waals surface area contributed by atoms with Crippen molar-refractivity contribution in [1.29, 1.82) is 0 Å². The minimum atomic E-state index is -0.228. The zero-order valence-corrected chi connectivity index (χ0v) is 14.2. The molecule has 0 spiro atoms. The van der Waals surface area contributed by atoms with Crippen molar-refractivity contribution in [3.05, 3.63) is 42.7 Å². The van der Waals surface area contributed by atoms with E-state index >= 15 is 0 Å². The van der Waals surface area contributed by atoms with E-state index in [1.165, 1.54) is 7.11 Å². The molecule has 3 N–H and O–H groups in total. The van der Waals surface area contributed by atoms with E-state index in [1.54, 1.807) is 36.7 Å². The van der Waals surface area contributed by atoms with Crippen molar-refractivity contribution >= 4 is 22.8 Å². The Bertz CT molecular complexity index is 986. The average Bonchev–Trinajstić information content (AvgIpc) is 3.46. The summed E-state index contributed by atoms with van der Waals surface area (Å²) in [6, 6.07) is 8.77. The Morgan fingerprint density at radius 2 is 2.04 bits per heavy atom. The number of amides is 2. The summed E-state index contributed by atoms with van der Waals surface area (Å²) in [6.45, 7) is 0. The summed E-state index contributed by atoms with van der Waals surface area (Å²) in [5, 5.41) is 15.5. The van der Waals surface area contributed by atoms with Gasteiger partial charge in [0.05, 0.1) is 18.3 Å². The van der Waals surface area contributed by atoms with E-state index in [1.807, 2.05) is 6.07 Å². The number of hydrogen-bond donors (Lipinski definition) is 3. The Hall–Kier alpha value is -3.35. The first-order chi connectivity index (χ1) is 12.6. The van der Waals surface area contributed by atoms with Gasteiger partial charge >= 0.3 is 6.03 Å². The molecule has 26 heavy (non-hydrogen) atoms. The molecule has 0 saturated heterocycles. The first-order valence-corrected chi connectivity index (χ1v) is 8.33. The maximum atomic E-state index is 12.0. The lowest BCUT2D eigenvalue weighted by Gasteiger charge is -2.10. The van der Waals surface area contributed by atoms with Crippen LogP contribution in [0.1, 0.15) is 12.8 Å². The van der Waals surface area contributed by atoms with Crippen LogP contribution >= 0.6 is 0 Å². The number of phenols is 1. The topological polar surface area (TPSA) is 96.4 Å². The molecule has 2 heterocycles. The number of carbonyl (C=O) groups excluding carboxylic acids is 1. The number of carbonyl (C=O) groups is 1. The van der Waals surface area contributed by atoms with Crippen molar-refractivity contribution in [1.82, 2.24) is 15.3 Å². The predicted molar refractivity (Wildman–Crippen MR) is 98.4 cm³/mol. The summed E-state index contributed by atoms with van der Waals surface area (Å²) in [7, 11) is 1.50. The van der Waals surface area contributed by atoms with Crippen LogP contribution in [-0.2, 0) is 0 Å². The second kappa shape index (κ2) is 6.51. The van der Waals surface area contributed by atoms with Gasteiger partial charge in [0.1, 0.15) is 5.52 Å². The molecule has 0 atom stereocenters. The second-order valence-corrected chi connectivity index (χ2v) is 6.21. The van der Waals surface area contributed by atoms with Gasteiger partial charge in [0.25, 0.3) is 0 Å². The quantitative estimate of drug-likeness (QED) is 0.671. The number of nitrogens with one attached hydrogen (secondary N) is 2. The first-order valence-electron chi connectivity index (χ1n) is 8.33. The number of phenolic OH excluding ortho intramolecular Hbond substituents is 1. The summed E-state index contributed by atoms with van der Waals surface area (Å²) in [4.78, 5) is 20.8. The van der Waals surface area contributed by atoms with Crippen molar-refractivity contribution in [3.63, 3.8) is 0 Å². The maximum absolute atomic E-state index is 12.0. The van der Waals surface area contributed by atoms with Gasteiger partial charge in [-0.2, -0.15) is 0 Å². The molecular weight excluding hydrogens is 332 g/mol. The summed E-state index contributed by atoms with van der Waals surface area (Å²) >= 11 is 0. The zero-order valence-electron chi connectivity index (χ0n) is 14.2. The molecule has 1 aromatic carbocycles. The number of pyridine rings is 2. The van der Waals surface area contributed by atoms with Crippen molar-refractivity contribution in [2.75, 3.05) is 12.4 Å². The van der Waals surface area contributed by atoms with Gasteiger partial charge in [0.15, 0.2) is 11.5 Å². The molecule has 132 valence electrons. The number of fused-ring (bicyclic) bond motifs is 1. The van der Waals surface area contributed by atoms with Crippen LogP contribution in [0.4, 0.5) is 10.5 Å². The van der Waals surface area contributed by atoms with Gasteiger partial charge in [-0.1, -0.05) is 6.07 Å². The monoisotopic (exact) mass is 350 g/mol. The largest absolute Gasteiger partial charge is 0.504 e. The van der Waals surface area contributed by atoms with E-state index in [2.05, 4.69) is 20.6 Å². The average molecular weight is 350 g/mol. The highest BCUT2D eigenvalue weighted by Crippen LogP contribution is 2.32. The molecule has 2 aromatic heterocycles. The molecule has 1 fully saturated rings. The fraction of sp³-hybridized carbons (Fsp3) is 0.211. The van der Waals surface area contributed by atoms with Crippen molar-refractivity contribution in [2.45, 2.75) is 18.9 Å². The maximum Gasteiger partial charge on any atom is 0.319 e. The molecule has 0 unspecified atom stereocenters. The van der Waals surface area contributed by atoms with Crippen LogP contribution in [0.5, 0.6) is 11.5 Å². The van der Waals surface area contributed by atoms with E-state index in [-0.39, 0.29) is 17.8 Å². The van der Waals surface area contributed by atoms with Crippen LogP contribution < -0.4 is 15.4 Å². The molecule has 1 aliphatic carbocycles. The minimum absolute atomic E-state index is 0.0799. The van der Waals surface area contributed by atoms with E-state index in [4.69, 9.17) is 4.74 Å². The van der Waals surface area contributed by atoms with Gasteiger partial charge in [0.2, 0.25) is 0 Å².